The first-order valence-electron chi connectivity index (χ1n) is 9.17. The van der Waals surface area contributed by atoms with Crippen LogP contribution in [-0.2, 0) is 10.2 Å². The van der Waals surface area contributed by atoms with E-state index in [1.54, 1.807) is 0 Å². The molecule has 0 radical (unpaired) electrons. The number of carbonyl (C=O) groups excluding carboxylic acids is 1. The summed E-state index contributed by atoms with van der Waals surface area (Å²) in [5.74, 6) is 1.57. The first kappa shape index (κ1) is 20.5. The van der Waals surface area contributed by atoms with E-state index >= 15 is 0 Å². The third-order valence-electron chi connectivity index (χ3n) is 5.99. The van der Waals surface area contributed by atoms with Crippen LogP contribution in [0.2, 0.25) is 16.6 Å². The van der Waals surface area contributed by atoms with E-state index in [-0.39, 0.29) is 6.10 Å². The molecule has 0 saturated heterocycles. The van der Waals surface area contributed by atoms with Crippen LogP contribution in [0.25, 0.3) is 0 Å². The highest BCUT2D eigenvalue weighted by molar-refractivity contribution is 9.10. The Morgan fingerprint density at radius 2 is 1.68 bits per heavy atom. The van der Waals surface area contributed by atoms with E-state index in [0.717, 1.165) is 27.8 Å². The molecule has 140 valence electrons. The summed E-state index contributed by atoms with van der Waals surface area (Å²) in [6.07, 6.45) is 0.792. The zero-order valence-corrected chi connectivity index (χ0v) is 19.2. The van der Waals surface area contributed by atoms with Gasteiger partial charge in [-0.15, -0.1) is 0 Å². The fraction of sp³-hybridized carbons (Fsp3) is 0.650. The molecule has 1 heterocycles. The van der Waals surface area contributed by atoms with Crippen molar-refractivity contribution >= 4 is 30.5 Å². The highest BCUT2D eigenvalue weighted by Gasteiger charge is 2.51. The summed E-state index contributed by atoms with van der Waals surface area (Å²) in [6.45, 7) is 17.5. The first-order valence-corrected chi connectivity index (χ1v) is 12.1. The molecule has 3 nitrogen and oxygen atoms in total. The third kappa shape index (κ3) is 3.07. The number of aldehydes is 1. The van der Waals surface area contributed by atoms with Gasteiger partial charge in [-0.2, -0.15) is 0 Å². The molecular formula is C20H31BrO3Si. The molecule has 5 heteroatoms. The van der Waals surface area contributed by atoms with E-state index in [2.05, 4.69) is 57.5 Å². The lowest BCUT2D eigenvalue weighted by Gasteiger charge is -2.43. The predicted molar refractivity (Wildman–Crippen MR) is 109 cm³/mol. The van der Waals surface area contributed by atoms with Crippen LogP contribution in [0.4, 0.5) is 0 Å². The Labute approximate surface area is 161 Å². The zero-order chi connectivity index (χ0) is 19.2. The number of fused-ring (bicyclic) bond motifs is 1. The maximum absolute atomic E-state index is 12.0. The van der Waals surface area contributed by atoms with Crippen LogP contribution in [-0.4, -0.2) is 20.7 Å². The Balaban J connectivity index is 2.66. The number of halogens is 1. The van der Waals surface area contributed by atoms with Crippen LogP contribution < -0.4 is 9.16 Å². The second kappa shape index (κ2) is 7.07. The first-order chi connectivity index (χ1) is 11.5. The van der Waals surface area contributed by atoms with Gasteiger partial charge in [0.25, 0.3) is 8.32 Å². The highest BCUT2D eigenvalue weighted by Crippen LogP contribution is 2.52. The van der Waals surface area contributed by atoms with Crippen molar-refractivity contribution in [3.8, 4) is 11.5 Å². The summed E-state index contributed by atoms with van der Waals surface area (Å²) in [5, 5.41) is 0. The van der Waals surface area contributed by atoms with Crippen molar-refractivity contribution in [2.45, 2.75) is 83.5 Å². The minimum atomic E-state index is -2.11. The molecule has 0 aliphatic carbocycles. The number of ether oxygens (including phenoxy) is 1. The van der Waals surface area contributed by atoms with Crippen LogP contribution in [0.5, 0.6) is 11.5 Å². The van der Waals surface area contributed by atoms with E-state index in [1.807, 2.05) is 26.0 Å². The molecule has 0 aromatic heterocycles. The molecule has 2 rings (SSSR count). The zero-order valence-electron chi connectivity index (χ0n) is 16.6. The molecule has 1 aliphatic heterocycles. The summed E-state index contributed by atoms with van der Waals surface area (Å²) in [6, 6.07) is 3.97. The normalized spacial score (nSPS) is 23.1. The largest absolute Gasteiger partial charge is 0.542 e. The predicted octanol–water partition coefficient (Wildman–Crippen LogP) is 6.24. The van der Waals surface area contributed by atoms with Crippen LogP contribution in [0.15, 0.2) is 16.6 Å². The molecule has 1 aliphatic rings. The van der Waals surface area contributed by atoms with Crippen LogP contribution >= 0.6 is 15.9 Å². The summed E-state index contributed by atoms with van der Waals surface area (Å²) < 4.78 is 13.8. The van der Waals surface area contributed by atoms with Gasteiger partial charge in [0.1, 0.15) is 23.9 Å². The number of rotatable bonds is 6. The molecule has 2 atom stereocenters. The highest BCUT2D eigenvalue weighted by atomic mass is 79.9. The number of carbonyl (C=O) groups is 1. The average molecular weight is 427 g/mol. The molecule has 0 N–H and O–H groups in total. The van der Waals surface area contributed by atoms with Gasteiger partial charge >= 0.3 is 0 Å². The minimum absolute atomic E-state index is 0.214. The van der Waals surface area contributed by atoms with E-state index in [9.17, 15) is 4.79 Å². The second-order valence-electron chi connectivity index (χ2n) is 8.33. The fourth-order valence-corrected chi connectivity index (χ4v) is 10.1. The van der Waals surface area contributed by atoms with E-state index < -0.39 is 13.7 Å². The van der Waals surface area contributed by atoms with Crippen molar-refractivity contribution in [3.63, 3.8) is 0 Å². The van der Waals surface area contributed by atoms with Crippen molar-refractivity contribution in [2.75, 3.05) is 0 Å². The molecule has 0 fully saturated rings. The summed E-state index contributed by atoms with van der Waals surface area (Å²) >= 11 is 3.57. The lowest BCUT2D eigenvalue weighted by molar-refractivity contribution is -0.113. The van der Waals surface area contributed by atoms with Gasteiger partial charge in [0.15, 0.2) is 0 Å². The Morgan fingerprint density at radius 1 is 1.16 bits per heavy atom. The number of benzene rings is 1. The fourth-order valence-electron chi connectivity index (χ4n) is 4.45. The molecule has 0 spiro atoms. The molecule has 1 aromatic rings. The van der Waals surface area contributed by atoms with Gasteiger partial charge in [0.2, 0.25) is 0 Å². The van der Waals surface area contributed by atoms with Gasteiger partial charge in [0.05, 0.1) is 15.5 Å². The van der Waals surface area contributed by atoms with E-state index in [1.165, 1.54) is 0 Å². The lowest BCUT2D eigenvalue weighted by atomic mass is 9.80. The van der Waals surface area contributed by atoms with Crippen molar-refractivity contribution < 1.29 is 14.0 Å². The molecular weight excluding hydrogens is 396 g/mol. The Morgan fingerprint density at radius 3 is 2.12 bits per heavy atom. The lowest BCUT2D eigenvalue weighted by Crippen LogP contribution is -2.51. The van der Waals surface area contributed by atoms with Crippen LogP contribution in [0, 0.1) is 0 Å². The molecule has 1 aromatic carbocycles. The van der Waals surface area contributed by atoms with Crippen LogP contribution in [0.1, 0.15) is 61.0 Å². The van der Waals surface area contributed by atoms with E-state index in [0.29, 0.717) is 16.6 Å². The Kier molecular flexibility index (Phi) is 5.79. The SMILES string of the molecule is CC(C)[Si](Oc1ccc(Br)c2c1[C@@](C)(C=O)[C@@H](C)O2)(C(C)C)C(C)C. The average Bonchev–Trinajstić information content (AvgIpc) is 2.79. The topological polar surface area (TPSA) is 35.5 Å². The molecule has 0 saturated carbocycles. The molecule has 0 amide bonds. The smallest absolute Gasteiger partial charge is 0.258 e. The third-order valence-corrected chi connectivity index (χ3v) is 12.6. The van der Waals surface area contributed by atoms with Gasteiger partial charge in [-0.1, -0.05) is 41.5 Å². The number of hydrogen-bond donors (Lipinski definition) is 0. The Bertz CT molecular complexity index is 635. The van der Waals surface area contributed by atoms with E-state index in [4.69, 9.17) is 9.16 Å². The van der Waals surface area contributed by atoms with Crippen molar-refractivity contribution in [1.82, 2.24) is 0 Å². The quantitative estimate of drug-likeness (QED) is 0.398. The summed E-state index contributed by atoms with van der Waals surface area (Å²) in [4.78, 5) is 12.0. The second-order valence-corrected chi connectivity index (χ2v) is 14.6. The van der Waals surface area contributed by atoms with Crippen molar-refractivity contribution in [2.24, 2.45) is 0 Å². The molecule has 25 heavy (non-hydrogen) atoms. The Hall–Kier alpha value is -0.813. The number of hydrogen-bond acceptors (Lipinski definition) is 3. The monoisotopic (exact) mass is 426 g/mol. The van der Waals surface area contributed by atoms with Gasteiger partial charge in [-0.05, 0) is 58.5 Å². The van der Waals surface area contributed by atoms with Crippen molar-refractivity contribution in [1.29, 1.82) is 0 Å². The summed E-state index contributed by atoms with van der Waals surface area (Å²) in [7, 11) is -2.11. The van der Waals surface area contributed by atoms with Gasteiger partial charge < -0.3 is 14.0 Å². The summed E-state index contributed by atoms with van der Waals surface area (Å²) in [5.41, 5.74) is 1.60. The molecule has 0 unspecified atom stereocenters. The maximum Gasteiger partial charge on any atom is 0.258 e. The van der Waals surface area contributed by atoms with Gasteiger partial charge in [-0.3, -0.25) is 0 Å². The van der Waals surface area contributed by atoms with Crippen molar-refractivity contribution in [3.05, 3.63) is 22.2 Å². The van der Waals surface area contributed by atoms with Gasteiger partial charge in [0, 0.05) is 0 Å². The minimum Gasteiger partial charge on any atom is -0.542 e. The maximum atomic E-state index is 12.0. The van der Waals surface area contributed by atoms with Crippen LogP contribution in [0.3, 0.4) is 0 Å². The van der Waals surface area contributed by atoms with Gasteiger partial charge in [-0.25, -0.2) is 0 Å². The standard InChI is InChI=1S/C20H31BrO3Si/c1-12(2)25(13(3)4,14(5)6)24-17-10-9-16(21)19-18(17)20(8,11-22)15(7)23-19/h9-15H,1-8H3/t15-,20+/m1/s1. The molecule has 0 bridgehead atoms.